The highest BCUT2D eigenvalue weighted by atomic mass is 35.5. The number of benzene rings is 1. The summed E-state index contributed by atoms with van der Waals surface area (Å²) in [6, 6.07) is 7.80. The third kappa shape index (κ3) is 6.71. The van der Waals surface area contributed by atoms with E-state index in [4.69, 9.17) is 17.3 Å². The molecule has 7 heteroatoms. The van der Waals surface area contributed by atoms with E-state index in [1.165, 1.54) is 5.56 Å². The molecule has 0 unspecified atom stereocenters. The molecule has 1 saturated heterocycles. The topological polar surface area (TPSA) is 58.4 Å². The van der Waals surface area contributed by atoms with Gasteiger partial charge in [-0.25, -0.2) is 0 Å². The largest absolute Gasteiger partial charge is 0.352 e. The highest BCUT2D eigenvalue weighted by Gasteiger charge is 2.21. The van der Waals surface area contributed by atoms with Gasteiger partial charge in [0, 0.05) is 30.7 Å². The van der Waals surface area contributed by atoms with Crippen LogP contribution in [0.25, 0.3) is 0 Å². The van der Waals surface area contributed by atoms with Crippen LogP contribution < -0.4 is 11.1 Å². The van der Waals surface area contributed by atoms with E-state index in [9.17, 15) is 4.79 Å². The third-order valence-electron chi connectivity index (χ3n) is 3.67. The zero-order chi connectivity index (χ0) is 14.5. The zero-order valence-corrected chi connectivity index (χ0v) is 15.0. The number of nitrogens with zero attached hydrogens (tertiary/aromatic N) is 1. The van der Waals surface area contributed by atoms with Gasteiger partial charge in [0.2, 0.25) is 5.91 Å². The van der Waals surface area contributed by atoms with Crippen LogP contribution in [0, 0.1) is 0 Å². The van der Waals surface area contributed by atoms with Gasteiger partial charge < -0.3 is 11.1 Å². The molecule has 22 heavy (non-hydrogen) atoms. The van der Waals surface area contributed by atoms with Gasteiger partial charge in [-0.1, -0.05) is 23.7 Å². The highest BCUT2D eigenvalue weighted by Crippen LogP contribution is 2.15. The summed E-state index contributed by atoms with van der Waals surface area (Å²) in [6.07, 6.45) is 1.96. The van der Waals surface area contributed by atoms with Crippen LogP contribution in [0.15, 0.2) is 24.3 Å². The monoisotopic (exact) mass is 367 g/mol. The molecular formula is C15H24Cl3N3O. The van der Waals surface area contributed by atoms with E-state index >= 15 is 0 Å². The van der Waals surface area contributed by atoms with Gasteiger partial charge >= 0.3 is 0 Å². The molecule has 0 saturated carbocycles. The molecule has 1 aliphatic rings. The van der Waals surface area contributed by atoms with Crippen LogP contribution in [-0.4, -0.2) is 36.0 Å². The first-order valence-electron chi connectivity index (χ1n) is 7.07. The van der Waals surface area contributed by atoms with E-state index < -0.39 is 6.04 Å². The molecule has 1 amide bonds. The van der Waals surface area contributed by atoms with Crippen LogP contribution in [0.5, 0.6) is 0 Å². The summed E-state index contributed by atoms with van der Waals surface area (Å²) in [6.45, 7) is 4.63. The van der Waals surface area contributed by atoms with Crippen molar-refractivity contribution in [2.24, 2.45) is 5.73 Å². The minimum Gasteiger partial charge on any atom is -0.352 e. The summed E-state index contributed by atoms with van der Waals surface area (Å²) in [4.78, 5) is 14.0. The Labute approximate surface area is 149 Å². The number of hydrogen-bond donors (Lipinski definition) is 2. The lowest BCUT2D eigenvalue weighted by molar-refractivity contribution is -0.123. The molecule has 1 fully saturated rings. The number of amides is 1. The fraction of sp³-hybridized carbons (Fsp3) is 0.533. The van der Waals surface area contributed by atoms with Gasteiger partial charge in [-0.3, -0.25) is 9.69 Å². The van der Waals surface area contributed by atoms with E-state index in [-0.39, 0.29) is 36.8 Å². The number of hydrogen-bond acceptors (Lipinski definition) is 3. The van der Waals surface area contributed by atoms with Gasteiger partial charge in [-0.15, -0.1) is 24.8 Å². The summed E-state index contributed by atoms with van der Waals surface area (Å²) < 4.78 is 0. The number of carbonyl (C=O) groups excluding carboxylic acids is 1. The Morgan fingerprint density at radius 1 is 1.32 bits per heavy atom. The van der Waals surface area contributed by atoms with Crippen LogP contribution in [0.2, 0.25) is 5.02 Å². The van der Waals surface area contributed by atoms with Crippen molar-refractivity contribution < 1.29 is 4.79 Å². The van der Waals surface area contributed by atoms with Crippen LogP contribution >= 0.6 is 36.4 Å². The van der Waals surface area contributed by atoms with Gasteiger partial charge in [0.25, 0.3) is 0 Å². The molecule has 0 spiro atoms. The predicted molar refractivity (Wildman–Crippen MR) is 96.0 cm³/mol. The number of likely N-dealkylation sites (tertiary alicyclic amines) is 1. The second-order valence-corrected chi connectivity index (χ2v) is 5.91. The molecule has 1 aliphatic heterocycles. The number of carbonyl (C=O) groups is 1. The smallest absolute Gasteiger partial charge is 0.236 e. The number of nitrogens with one attached hydrogen (secondary N) is 1. The molecular weight excluding hydrogens is 345 g/mol. The first-order chi connectivity index (χ1) is 9.54. The van der Waals surface area contributed by atoms with Crippen molar-refractivity contribution in [1.82, 2.24) is 10.2 Å². The van der Waals surface area contributed by atoms with E-state index in [2.05, 4.69) is 22.3 Å². The Kier molecular flexibility index (Phi) is 10.0. The van der Waals surface area contributed by atoms with Gasteiger partial charge in [0.15, 0.2) is 0 Å². The van der Waals surface area contributed by atoms with Gasteiger partial charge in [0.05, 0.1) is 6.04 Å². The summed E-state index contributed by atoms with van der Waals surface area (Å²) in [5, 5.41) is 3.77. The number of halogens is 3. The quantitative estimate of drug-likeness (QED) is 0.859. The zero-order valence-electron chi connectivity index (χ0n) is 12.6. The molecule has 1 aromatic carbocycles. The van der Waals surface area contributed by atoms with E-state index in [0.29, 0.717) is 0 Å². The van der Waals surface area contributed by atoms with E-state index in [1.54, 1.807) is 6.92 Å². The van der Waals surface area contributed by atoms with Crippen molar-refractivity contribution in [2.75, 3.05) is 13.1 Å². The average Bonchev–Trinajstić information content (AvgIpc) is 2.43. The molecule has 1 aromatic rings. The Morgan fingerprint density at radius 2 is 1.86 bits per heavy atom. The molecule has 0 bridgehead atoms. The van der Waals surface area contributed by atoms with Crippen LogP contribution in [0.4, 0.5) is 0 Å². The van der Waals surface area contributed by atoms with Gasteiger partial charge in [0.1, 0.15) is 0 Å². The molecule has 3 N–H and O–H groups in total. The minimum atomic E-state index is -0.429. The standard InChI is InChI=1S/C15H22ClN3O.2ClH/c1-11(17)15(20)18-14-6-8-19(9-7-14)10-12-2-4-13(16)5-3-12;;/h2-5,11,14H,6-10,17H2,1H3,(H,18,20);2*1H/t11-;;/m1../s1. The Hall–Kier alpha value is -0.520. The first-order valence-corrected chi connectivity index (χ1v) is 7.45. The Balaban J connectivity index is 0.00000220. The molecule has 0 radical (unpaired) electrons. The fourth-order valence-corrected chi connectivity index (χ4v) is 2.54. The van der Waals surface area contributed by atoms with Crippen molar-refractivity contribution in [3.63, 3.8) is 0 Å². The van der Waals surface area contributed by atoms with Crippen LogP contribution in [-0.2, 0) is 11.3 Å². The third-order valence-corrected chi connectivity index (χ3v) is 3.92. The lowest BCUT2D eigenvalue weighted by Crippen LogP contribution is -2.48. The van der Waals surface area contributed by atoms with Gasteiger partial charge in [-0.05, 0) is 37.5 Å². The highest BCUT2D eigenvalue weighted by molar-refractivity contribution is 6.30. The Bertz CT molecular complexity index is 446. The van der Waals surface area contributed by atoms with Crippen LogP contribution in [0.1, 0.15) is 25.3 Å². The summed E-state index contributed by atoms with van der Waals surface area (Å²) in [5.74, 6) is -0.0545. The van der Waals surface area contributed by atoms with Crippen molar-refractivity contribution in [3.8, 4) is 0 Å². The second-order valence-electron chi connectivity index (χ2n) is 5.47. The van der Waals surface area contributed by atoms with E-state index in [0.717, 1.165) is 37.5 Å². The SMILES string of the molecule is C[C@@H](N)C(=O)NC1CCN(Cc2ccc(Cl)cc2)CC1.Cl.Cl. The molecule has 2 rings (SSSR count). The van der Waals surface area contributed by atoms with Gasteiger partial charge in [-0.2, -0.15) is 0 Å². The molecule has 1 heterocycles. The maximum atomic E-state index is 11.6. The van der Waals surface area contributed by atoms with Crippen molar-refractivity contribution in [3.05, 3.63) is 34.9 Å². The molecule has 126 valence electrons. The lowest BCUT2D eigenvalue weighted by atomic mass is 10.0. The summed E-state index contributed by atoms with van der Waals surface area (Å²) in [7, 11) is 0. The van der Waals surface area contributed by atoms with E-state index in [1.807, 2.05) is 12.1 Å². The predicted octanol–water partition coefficient (Wildman–Crippen LogP) is 2.61. The molecule has 0 aliphatic carbocycles. The summed E-state index contributed by atoms with van der Waals surface area (Å²) in [5.41, 5.74) is 6.83. The van der Waals surface area contributed by atoms with Crippen LogP contribution in [0.3, 0.4) is 0 Å². The van der Waals surface area contributed by atoms with Crippen molar-refractivity contribution in [1.29, 1.82) is 0 Å². The number of rotatable bonds is 4. The number of nitrogens with two attached hydrogens (primary N) is 1. The summed E-state index contributed by atoms with van der Waals surface area (Å²) >= 11 is 5.88. The Morgan fingerprint density at radius 3 is 2.36 bits per heavy atom. The molecule has 0 aromatic heterocycles. The molecule has 1 atom stereocenters. The van der Waals surface area contributed by atoms with Crippen molar-refractivity contribution in [2.45, 2.75) is 38.4 Å². The average molecular weight is 369 g/mol. The second kappa shape index (κ2) is 10.3. The number of piperidine rings is 1. The minimum absolute atomic E-state index is 0. The lowest BCUT2D eigenvalue weighted by Gasteiger charge is -2.32. The fourth-order valence-electron chi connectivity index (χ4n) is 2.42. The maximum absolute atomic E-state index is 11.6. The van der Waals surface area contributed by atoms with Crippen molar-refractivity contribution >= 4 is 42.3 Å². The first kappa shape index (κ1) is 21.5. The maximum Gasteiger partial charge on any atom is 0.236 e. The normalized spacial score (nSPS) is 17.0. The molecule has 4 nitrogen and oxygen atoms in total.